The molecule has 9 nitrogen and oxygen atoms in total. The first kappa shape index (κ1) is 30.6. The molecule has 2 atom stereocenters. The van der Waals surface area contributed by atoms with E-state index in [0.29, 0.717) is 17.9 Å². The van der Waals surface area contributed by atoms with Crippen molar-refractivity contribution in [3.63, 3.8) is 0 Å². The van der Waals surface area contributed by atoms with Gasteiger partial charge in [-0.15, -0.1) is 0 Å². The van der Waals surface area contributed by atoms with E-state index in [2.05, 4.69) is 11.9 Å². The average molecular weight is 561 g/mol. The van der Waals surface area contributed by atoms with Crippen molar-refractivity contribution in [2.45, 2.75) is 49.1 Å². The predicted octanol–water partition coefficient (Wildman–Crippen LogP) is 3.78. The number of rotatable bonds is 15. The Hall–Kier alpha value is -2.92. The third-order valence-electron chi connectivity index (χ3n) is 6.85. The summed E-state index contributed by atoms with van der Waals surface area (Å²) in [5, 5.41) is 14.1. The molecule has 0 bridgehead atoms. The highest BCUT2D eigenvalue weighted by Gasteiger charge is 2.33. The van der Waals surface area contributed by atoms with Crippen molar-refractivity contribution < 1.29 is 32.5 Å². The standard InChI is InChI=1S/C29H40N2O7S/c1-22(20-36-2)21-38-29(33)30-27(17-23-9-5-4-6-10-23)28(32)19-31(18-24-11-7-8-12-24)39(34,35)26-15-13-25(37-3)14-16-26/h4-6,9-10,13-16,24,27-28,32H,1,7-8,11-12,17-21H2,2-3H3,(H,30,33)/t27-,28+/m0/s1. The normalized spacial score (nSPS) is 15.6. The number of nitrogens with one attached hydrogen (secondary N) is 1. The number of ether oxygens (including phenoxy) is 3. The van der Waals surface area contributed by atoms with Crippen molar-refractivity contribution >= 4 is 16.1 Å². The maximum Gasteiger partial charge on any atom is 0.407 e. The summed E-state index contributed by atoms with van der Waals surface area (Å²) in [5.74, 6) is 0.762. The van der Waals surface area contributed by atoms with Crippen molar-refractivity contribution in [3.8, 4) is 5.75 Å². The number of nitrogens with zero attached hydrogens (tertiary/aromatic N) is 1. The molecular formula is C29H40N2O7S. The molecular weight excluding hydrogens is 520 g/mol. The number of hydrogen-bond acceptors (Lipinski definition) is 7. The van der Waals surface area contributed by atoms with E-state index in [1.165, 1.54) is 30.7 Å². The second-order valence-electron chi connectivity index (χ2n) is 9.92. The quantitative estimate of drug-likeness (QED) is 0.319. The molecule has 1 amide bonds. The van der Waals surface area contributed by atoms with E-state index < -0.39 is 28.3 Å². The number of amides is 1. The van der Waals surface area contributed by atoms with Crippen LogP contribution >= 0.6 is 0 Å². The van der Waals surface area contributed by atoms with Crippen molar-refractivity contribution in [3.05, 3.63) is 72.3 Å². The molecule has 0 radical (unpaired) electrons. The van der Waals surface area contributed by atoms with Gasteiger partial charge in [-0.25, -0.2) is 13.2 Å². The molecule has 0 heterocycles. The molecule has 1 saturated carbocycles. The minimum atomic E-state index is -3.92. The zero-order valence-corrected chi connectivity index (χ0v) is 23.6. The number of benzene rings is 2. The summed E-state index contributed by atoms with van der Waals surface area (Å²) in [6.45, 7) is 4.13. The Morgan fingerprint density at radius 2 is 1.74 bits per heavy atom. The Morgan fingerprint density at radius 3 is 2.36 bits per heavy atom. The molecule has 0 saturated heterocycles. The van der Waals surface area contributed by atoms with Crippen LogP contribution in [-0.4, -0.2) is 76.6 Å². The number of aliphatic hydroxyl groups excluding tert-OH is 1. The lowest BCUT2D eigenvalue weighted by Gasteiger charge is -2.31. The van der Waals surface area contributed by atoms with Gasteiger partial charge in [0.1, 0.15) is 12.4 Å². The number of carbonyl (C=O) groups is 1. The van der Waals surface area contributed by atoms with Crippen molar-refractivity contribution in [1.29, 1.82) is 0 Å². The zero-order chi connectivity index (χ0) is 28.3. The van der Waals surface area contributed by atoms with E-state index >= 15 is 0 Å². The number of aliphatic hydroxyl groups is 1. The van der Waals surface area contributed by atoms with Crippen LogP contribution in [0.2, 0.25) is 0 Å². The summed E-state index contributed by atoms with van der Waals surface area (Å²) in [6, 6.07) is 14.8. The van der Waals surface area contributed by atoms with E-state index in [9.17, 15) is 18.3 Å². The second kappa shape index (κ2) is 15.0. The molecule has 214 valence electrons. The Morgan fingerprint density at radius 1 is 1.08 bits per heavy atom. The topological polar surface area (TPSA) is 114 Å². The number of hydrogen-bond donors (Lipinski definition) is 2. The maximum atomic E-state index is 13.7. The molecule has 2 N–H and O–H groups in total. The molecule has 0 aliphatic heterocycles. The first-order valence-corrected chi connectivity index (χ1v) is 14.6. The van der Waals surface area contributed by atoms with E-state index in [-0.39, 0.29) is 37.0 Å². The predicted molar refractivity (Wildman–Crippen MR) is 149 cm³/mol. The minimum absolute atomic E-state index is 0.0342. The highest BCUT2D eigenvalue weighted by molar-refractivity contribution is 7.89. The average Bonchev–Trinajstić information content (AvgIpc) is 3.45. The molecule has 2 aromatic carbocycles. The first-order chi connectivity index (χ1) is 18.7. The molecule has 0 spiro atoms. The van der Waals surface area contributed by atoms with Crippen LogP contribution in [0.4, 0.5) is 4.79 Å². The van der Waals surface area contributed by atoms with Crippen molar-refractivity contribution in [2.24, 2.45) is 5.92 Å². The fourth-order valence-corrected chi connectivity index (χ4v) is 6.28. The smallest absolute Gasteiger partial charge is 0.407 e. The Kier molecular flexibility index (Phi) is 11.8. The van der Waals surface area contributed by atoms with Gasteiger partial charge in [0.2, 0.25) is 10.0 Å². The van der Waals surface area contributed by atoms with Crippen LogP contribution in [-0.2, 0) is 25.9 Å². The molecule has 3 rings (SSSR count). The van der Waals surface area contributed by atoms with Gasteiger partial charge in [-0.2, -0.15) is 4.31 Å². The van der Waals surface area contributed by atoms with E-state index in [4.69, 9.17) is 14.2 Å². The highest BCUT2D eigenvalue weighted by Crippen LogP contribution is 2.28. The minimum Gasteiger partial charge on any atom is -0.497 e. The SMILES string of the molecule is C=C(COC)COC(=O)N[C@@H](Cc1ccccc1)[C@H](O)CN(CC1CCCC1)S(=O)(=O)c1ccc(OC)cc1. The van der Waals surface area contributed by atoms with Gasteiger partial charge in [0.25, 0.3) is 0 Å². The molecule has 0 unspecified atom stereocenters. The Labute approximate surface area is 231 Å². The lowest BCUT2D eigenvalue weighted by molar-refractivity contribution is 0.0897. The number of sulfonamides is 1. The van der Waals surface area contributed by atoms with Gasteiger partial charge in [0, 0.05) is 20.2 Å². The molecule has 10 heteroatoms. The third-order valence-corrected chi connectivity index (χ3v) is 8.69. The summed E-state index contributed by atoms with van der Waals surface area (Å²) < 4.78 is 44.3. The summed E-state index contributed by atoms with van der Waals surface area (Å²) in [7, 11) is -0.882. The maximum absolute atomic E-state index is 13.7. The molecule has 0 aromatic heterocycles. The number of carbonyl (C=O) groups excluding carboxylic acids is 1. The van der Waals surface area contributed by atoms with Crippen LogP contribution < -0.4 is 10.1 Å². The van der Waals surface area contributed by atoms with Crippen LogP contribution in [0.5, 0.6) is 5.75 Å². The highest BCUT2D eigenvalue weighted by atomic mass is 32.2. The number of alkyl carbamates (subject to hydrolysis) is 1. The van der Waals surface area contributed by atoms with Crippen LogP contribution in [0, 0.1) is 5.92 Å². The molecule has 1 aliphatic rings. The van der Waals surface area contributed by atoms with Gasteiger partial charge in [0.15, 0.2) is 0 Å². The van der Waals surface area contributed by atoms with Gasteiger partial charge in [-0.05, 0) is 60.6 Å². The molecule has 1 fully saturated rings. The van der Waals surface area contributed by atoms with Crippen LogP contribution in [0.3, 0.4) is 0 Å². The summed E-state index contributed by atoms with van der Waals surface area (Å²) in [4.78, 5) is 12.8. The molecule has 1 aliphatic carbocycles. The van der Waals surface area contributed by atoms with Gasteiger partial charge in [0.05, 0.1) is 30.8 Å². The molecule has 39 heavy (non-hydrogen) atoms. The van der Waals surface area contributed by atoms with Gasteiger partial charge in [-0.3, -0.25) is 0 Å². The summed E-state index contributed by atoms with van der Waals surface area (Å²) in [5.41, 5.74) is 1.46. The number of methoxy groups -OCH3 is 2. The van der Waals surface area contributed by atoms with Crippen LogP contribution in [0.25, 0.3) is 0 Å². The second-order valence-corrected chi connectivity index (χ2v) is 11.9. The van der Waals surface area contributed by atoms with E-state index in [0.717, 1.165) is 31.2 Å². The van der Waals surface area contributed by atoms with Crippen LogP contribution in [0.1, 0.15) is 31.2 Å². The summed E-state index contributed by atoms with van der Waals surface area (Å²) >= 11 is 0. The van der Waals surface area contributed by atoms with Crippen LogP contribution in [0.15, 0.2) is 71.6 Å². The fourth-order valence-electron chi connectivity index (χ4n) is 4.74. The zero-order valence-electron chi connectivity index (χ0n) is 22.8. The van der Waals surface area contributed by atoms with E-state index in [1.54, 1.807) is 12.1 Å². The fraction of sp³-hybridized carbons (Fsp3) is 0.483. The summed E-state index contributed by atoms with van der Waals surface area (Å²) in [6.07, 6.45) is 2.35. The van der Waals surface area contributed by atoms with Crippen molar-refractivity contribution in [2.75, 3.05) is 40.5 Å². The third kappa shape index (κ3) is 9.35. The lowest BCUT2D eigenvalue weighted by Crippen LogP contribution is -2.51. The van der Waals surface area contributed by atoms with Gasteiger partial charge < -0.3 is 24.6 Å². The largest absolute Gasteiger partial charge is 0.497 e. The molecule has 2 aromatic rings. The Balaban J connectivity index is 1.81. The monoisotopic (exact) mass is 560 g/mol. The van der Waals surface area contributed by atoms with Gasteiger partial charge >= 0.3 is 6.09 Å². The Bertz CT molecular complexity index is 1150. The van der Waals surface area contributed by atoms with Gasteiger partial charge in [-0.1, -0.05) is 49.8 Å². The first-order valence-electron chi connectivity index (χ1n) is 13.2. The lowest BCUT2D eigenvalue weighted by atomic mass is 10.0. The van der Waals surface area contributed by atoms with E-state index in [1.807, 2.05) is 30.3 Å². The van der Waals surface area contributed by atoms with Crippen molar-refractivity contribution in [1.82, 2.24) is 9.62 Å².